The molecule has 0 amide bonds. The van der Waals surface area contributed by atoms with Gasteiger partial charge in [-0.25, -0.2) is 0 Å². The van der Waals surface area contributed by atoms with Crippen molar-refractivity contribution in [2.45, 2.75) is 6.61 Å². The Balaban J connectivity index is 3.24. The fraction of sp³-hybridized carbons (Fsp3) is 0.111. The van der Waals surface area contributed by atoms with Gasteiger partial charge in [-0.2, -0.15) is 0 Å². The van der Waals surface area contributed by atoms with E-state index in [1.54, 1.807) is 18.2 Å². The SMILES string of the molecule is C=Cc1c(O)cccc1CO. The van der Waals surface area contributed by atoms with E-state index in [-0.39, 0.29) is 12.4 Å². The second-order valence-electron chi connectivity index (χ2n) is 2.21. The first-order valence-electron chi connectivity index (χ1n) is 3.33. The van der Waals surface area contributed by atoms with E-state index in [1.807, 2.05) is 0 Å². The molecular formula is C9H10O2. The number of aliphatic hydroxyl groups is 1. The molecule has 0 bridgehead atoms. The summed E-state index contributed by atoms with van der Waals surface area (Å²) < 4.78 is 0. The normalized spacial score (nSPS) is 9.55. The van der Waals surface area contributed by atoms with Gasteiger partial charge in [-0.1, -0.05) is 24.8 Å². The van der Waals surface area contributed by atoms with E-state index in [4.69, 9.17) is 5.11 Å². The van der Waals surface area contributed by atoms with Gasteiger partial charge >= 0.3 is 0 Å². The molecule has 1 aromatic rings. The molecule has 0 aliphatic carbocycles. The quantitative estimate of drug-likeness (QED) is 0.671. The van der Waals surface area contributed by atoms with Crippen molar-refractivity contribution in [3.63, 3.8) is 0 Å². The molecule has 1 aromatic carbocycles. The Bertz CT molecular complexity index is 266. The lowest BCUT2D eigenvalue weighted by Gasteiger charge is -2.03. The zero-order valence-electron chi connectivity index (χ0n) is 6.12. The molecule has 0 aliphatic heterocycles. The van der Waals surface area contributed by atoms with Gasteiger partial charge in [-0.05, 0) is 11.6 Å². The Labute approximate surface area is 65.4 Å². The number of hydrogen-bond acceptors (Lipinski definition) is 2. The number of phenolic OH excluding ortho intramolecular Hbond substituents is 1. The summed E-state index contributed by atoms with van der Waals surface area (Å²) in [6.07, 6.45) is 1.53. The fourth-order valence-corrected chi connectivity index (χ4v) is 0.973. The van der Waals surface area contributed by atoms with Gasteiger partial charge in [-0.15, -0.1) is 0 Å². The van der Waals surface area contributed by atoms with E-state index in [9.17, 15) is 5.11 Å². The summed E-state index contributed by atoms with van der Waals surface area (Å²) >= 11 is 0. The molecule has 0 atom stereocenters. The standard InChI is InChI=1S/C9H10O2/c1-2-8-7(6-10)4-3-5-9(8)11/h2-5,10-11H,1,6H2. The molecule has 0 saturated heterocycles. The fourth-order valence-electron chi connectivity index (χ4n) is 0.973. The van der Waals surface area contributed by atoms with Gasteiger partial charge in [0.15, 0.2) is 0 Å². The van der Waals surface area contributed by atoms with Crippen molar-refractivity contribution in [1.82, 2.24) is 0 Å². The second-order valence-corrected chi connectivity index (χ2v) is 2.21. The molecule has 0 fully saturated rings. The van der Waals surface area contributed by atoms with Crippen molar-refractivity contribution in [2.75, 3.05) is 0 Å². The van der Waals surface area contributed by atoms with Crippen molar-refractivity contribution >= 4 is 6.08 Å². The summed E-state index contributed by atoms with van der Waals surface area (Å²) in [6, 6.07) is 5.00. The van der Waals surface area contributed by atoms with E-state index >= 15 is 0 Å². The van der Waals surface area contributed by atoms with E-state index in [2.05, 4.69) is 6.58 Å². The molecule has 2 heteroatoms. The van der Waals surface area contributed by atoms with Crippen LogP contribution in [0.3, 0.4) is 0 Å². The van der Waals surface area contributed by atoms with Crippen LogP contribution >= 0.6 is 0 Å². The van der Waals surface area contributed by atoms with Gasteiger partial charge in [0, 0.05) is 5.56 Å². The topological polar surface area (TPSA) is 40.5 Å². The lowest BCUT2D eigenvalue weighted by atomic mass is 10.1. The molecule has 0 saturated carbocycles. The highest BCUT2D eigenvalue weighted by Crippen LogP contribution is 2.21. The molecule has 11 heavy (non-hydrogen) atoms. The van der Waals surface area contributed by atoms with Crippen molar-refractivity contribution in [3.8, 4) is 5.75 Å². The van der Waals surface area contributed by atoms with Crippen LogP contribution in [0.4, 0.5) is 0 Å². The van der Waals surface area contributed by atoms with Gasteiger partial charge in [0.25, 0.3) is 0 Å². The van der Waals surface area contributed by atoms with E-state index in [0.29, 0.717) is 11.1 Å². The summed E-state index contributed by atoms with van der Waals surface area (Å²) in [5.74, 6) is 0.159. The van der Waals surface area contributed by atoms with Crippen LogP contribution in [-0.2, 0) is 6.61 Å². The largest absolute Gasteiger partial charge is 0.507 e. The molecule has 2 nitrogen and oxygen atoms in total. The first-order valence-corrected chi connectivity index (χ1v) is 3.33. The Hall–Kier alpha value is -1.28. The van der Waals surface area contributed by atoms with E-state index < -0.39 is 0 Å². The molecule has 0 aliphatic rings. The molecule has 58 valence electrons. The predicted octanol–water partition coefficient (Wildman–Crippen LogP) is 1.53. The lowest BCUT2D eigenvalue weighted by Crippen LogP contribution is -1.87. The van der Waals surface area contributed by atoms with Crippen LogP contribution in [0.5, 0.6) is 5.75 Å². The number of hydrogen-bond donors (Lipinski definition) is 2. The molecule has 1 rings (SSSR count). The summed E-state index contributed by atoms with van der Waals surface area (Å²) in [7, 11) is 0. The number of rotatable bonds is 2. The van der Waals surface area contributed by atoms with Crippen LogP contribution in [0.15, 0.2) is 24.8 Å². The molecule has 0 spiro atoms. The van der Waals surface area contributed by atoms with Crippen molar-refractivity contribution < 1.29 is 10.2 Å². The maximum Gasteiger partial charge on any atom is 0.123 e. The van der Waals surface area contributed by atoms with Gasteiger partial charge in [-0.3, -0.25) is 0 Å². The minimum absolute atomic E-state index is 0.0737. The van der Waals surface area contributed by atoms with Crippen LogP contribution in [0.1, 0.15) is 11.1 Å². The second kappa shape index (κ2) is 3.21. The zero-order valence-corrected chi connectivity index (χ0v) is 6.12. The monoisotopic (exact) mass is 150 g/mol. The highest BCUT2D eigenvalue weighted by atomic mass is 16.3. The minimum atomic E-state index is -0.0737. The number of aliphatic hydroxyl groups excluding tert-OH is 1. The van der Waals surface area contributed by atoms with Crippen LogP contribution in [-0.4, -0.2) is 10.2 Å². The Morgan fingerprint density at radius 1 is 1.45 bits per heavy atom. The van der Waals surface area contributed by atoms with E-state index in [0.717, 1.165) is 0 Å². The van der Waals surface area contributed by atoms with Gasteiger partial charge in [0.1, 0.15) is 5.75 Å². The average Bonchev–Trinajstić information content (AvgIpc) is 2.04. The van der Waals surface area contributed by atoms with Crippen molar-refractivity contribution in [2.24, 2.45) is 0 Å². The smallest absolute Gasteiger partial charge is 0.123 e. The third-order valence-electron chi connectivity index (χ3n) is 1.55. The summed E-state index contributed by atoms with van der Waals surface area (Å²) in [6.45, 7) is 3.46. The lowest BCUT2D eigenvalue weighted by molar-refractivity contribution is 0.281. The Morgan fingerprint density at radius 2 is 2.18 bits per heavy atom. The summed E-state index contributed by atoms with van der Waals surface area (Å²) in [5.41, 5.74) is 1.30. The average molecular weight is 150 g/mol. The van der Waals surface area contributed by atoms with Gasteiger partial charge < -0.3 is 10.2 Å². The third kappa shape index (κ3) is 1.41. The van der Waals surface area contributed by atoms with Gasteiger partial charge in [0.05, 0.1) is 6.61 Å². The Morgan fingerprint density at radius 3 is 2.64 bits per heavy atom. The molecule has 0 heterocycles. The summed E-state index contributed by atoms with van der Waals surface area (Å²) in [5, 5.41) is 18.1. The van der Waals surface area contributed by atoms with Crippen molar-refractivity contribution in [3.05, 3.63) is 35.9 Å². The zero-order chi connectivity index (χ0) is 8.27. The maximum absolute atomic E-state index is 9.24. The molecular weight excluding hydrogens is 140 g/mol. The highest BCUT2D eigenvalue weighted by Gasteiger charge is 2.01. The minimum Gasteiger partial charge on any atom is -0.507 e. The third-order valence-corrected chi connectivity index (χ3v) is 1.55. The van der Waals surface area contributed by atoms with Crippen LogP contribution in [0.2, 0.25) is 0 Å². The maximum atomic E-state index is 9.24. The molecule has 2 N–H and O–H groups in total. The first-order chi connectivity index (χ1) is 5.29. The van der Waals surface area contributed by atoms with Crippen LogP contribution in [0, 0.1) is 0 Å². The van der Waals surface area contributed by atoms with Gasteiger partial charge in [0.2, 0.25) is 0 Å². The molecule has 0 radical (unpaired) electrons. The number of aromatic hydroxyl groups is 1. The van der Waals surface area contributed by atoms with Crippen LogP contribution < -0.4 is 0 Å². The molecule has 0 unspecified atom stereocenters. The van der Waals surface area contributed by atoms with Crippen molar-refractivity contribution in [1.29, 1.82) is 0 Å². The summed E-state index contributed by atoms with van der Waals surface area (Å²) in [4.78, 5) is 0. The predicted molar refractivity (Wildman–Crippen MR) is 44.1 cm³/mol. The van der Waals surface area contributed by atoms with Crippen LogP contribution in [0.25, 0.3) is 6.08 Å². The first kappa shape index (κ1) is 7.82. The highest BCUT2D eigenvalue weighted by molar-refractivity contribution is 5.59. The van der Waals surface area contributed by atoms with E-state index in [1.165, 1.54) is 6.08 Å². The number of benzene rings is 1. The Kier molecular flexibility index (Phi) is 2.28. The molecule has 0 aromatic heterocycles. The number of phenols is 1.